The van der Waals surface area contributed by atoms with Crippen LogP contribution in [-0.4, -0.2) is 23.0 Å². The second-order valence-corrected chi connectivity index (χ2v) is 2.84. The highest BCUT2D eigenvalue weighted by atomic mass is 19.4. The van der Waals surface area contributed by atoms with Crippen molar-refractivity contribution in [2.75, 3.05) is 7.11 Å². The van der Waals surface area contributed by atoms with Gasteiger partial charge in [0.15, 0.2) is 11.4 Å². The zero-order valence-corrected chi connectivity index (χ0v) is 8.32. The highest BCUT2D eigenvalue weighted by molar-refractivity contribution is 5.87. The number of hydrogen-bond acceptors (Lipinski definition) is 5. The normalized spacial score (nSPS) is 11.1. The number of carbonyl (C=O) groups is 1. The third-order valence-corrected chi connectivity index (χ3v) is 1.71. The van der Waals surface area contributed by atoms with Gasteiger partial charge in [0.1, 0.15) is 0 Å². The second kappa shape index (κ2) is 4.36. The highest BCUT2D eigenvalue weighted by Crippen LogP contribution is 2.30. The maximum atomic E-state index is 12.3. The summed E-state index contributed by atoms with van der Waals surface area (Å²) in [7, 11) is 0.927. The van der Waals surface area contributed by atoms with Gasteiger partial charge in [0.25, 0.3) is 5.69 Å². The molecule has 0 radical (unpaired) electrons. The molecule has 1 heterocycles. The van der Waals surface area contributed by atoms with Gasteiger partial charge >= 0.3 is 12.1 Å². The number of halogens is 3. The van der Waals surface area contributed by atoms with E-state index < -0.39 is 34.1 Å². The minimum atomic E-state index is -4.88. The van der Waals surface area contributed by atoms with Crippen LogP contribution < -0.4 is 0 Å². The number of aromatic nitrogens is 1. The fourth-order valence-electron chi connectivity index (χ4n) is 0.976. The van der Waals surface area contributed by atoms with Crippen LogP contribution in [0.3, 0.4) is 0 Å². The topological polar surface area (TPSA) is 82.3 Å². The number of ether oxygens (including phenoxy) is 1. The first kappa shape index (κ1) is 12.9. The predicted molar refractivity (Wildman–Crippen MR) is 47.2 cm³/mol. The fourth-order valence-corrected chi connectivity index (χ4v) is 0.976. The van der Waals surface area contributed by atoms with Crippen molar-refractivity contribution in [2.45, 2.75) is 6.18 Å². The van der Waals surface area contributed by atoms with Gasteiger partial charge in [-0.1, -0.05) is 0 Å². The van der Waals surface area contributed by atoms with Crippen LogP contribution in [0.15, 0.2) is 12.1 Å². The molecule has 6 nitrogen and oxygen atoms in total. The van der Waals surface area contributed by atoms with E-state index in [0.29, 0.717) is 6.07 Å². The van der Waals surface area contributed by atoms with Gasteiger partial charge in [-0.2, -0.15) is 13.2 Å². The standard InChI is InChI=1S/C8H5F3N2O4/c1-17-7(14)5-2-4(13(15)16)3-6(12-5)8(9,10)11/h2-3H,1H3. The first-order valence-electron chi connectivity index (χ1n) is 4.07. The summed E-state index contributed by atoms with van der Waals surface area (Å²) >= 11 is 0. The molecule has 0 atom stereocenters. The van der Waals surface area contributed by atoms with E-state index in [1.165, 1.54) is 0 Å². The summed E-state index contributed by atoms with van der Waals surface area (Å²) in [6.45, 7) is 0. The molecule has 0 amide bonds. The summed E-state index contributed by atoms with van der Waals surface area (Å²) in [6, 6.07) is 0.855. The number of nitrogens with zero attached hydrogens (tertiary/aromatic N) is 2. The molecule has 92 valence electrons. The average molecular weight is 250 g/mol. The SMILES string of the molecule is COC(=O)c1cc([N+](=O)[O-])cc(C(F)(F)F)n1. The lowest BCUT2D eigenvalue weighted by Gasteiger charge is -2.06. The average Bonchev–Trinajstić information content (AvgIpc) is 2.26. The van der Waals surface area contributed by atoms with E-state index >= 15 is 0 Å². The zero-order chi connectivity index (χ0) is 13.2. The summed E-state index contributed by atoms with van der Waals surface area (Å²) < 4.78 is 41.2. The Morgan fingerprint density at radius 1 is 1.47 bits per heavy atom. The summed E-state index contributed by atoms with van der Waals surface area (Å²) in [5.41, 5.74) is -3.17. The Morgan fingerprint density at radius 3 is 2.47 bits per heavy atom. The maximum absolute atomic E-state index is 12.3. The largest absolute Gasteiger partial charge is 0.464 e. The lowest BCUT2D eigenvalue weighted by molar-refractivity contribution is -0.385. The molecule has 0 aliphatic heterocycles. The molecule has 0 spiro atoms. The maximum Gasteiger partial charge on any atom is 0.433 e. The fraction of sp³-hybridized carbons (Fsp3) is 0.250. The lowest BCUT2D eigenvalue weighted by atomic mass is 10.2. The molecule has 9 heteroatoms. The van der Waals surface area contributed by atoms with Gasteiger partial charge in [0.05, 0.1) is 12.0 Å². The number of rotatable bonds is 2. The van der Waals surface area contributed by atoms with Crippen LogP contribution in [0.25, 0.3) is 0 Å². The molecule has 0 N–H and O–H groups in total. The van der Waals surface area contributed by atoms with Gasteiger partial charge in [-0.25, -0.2) is 9.78 Å². The monoisotopic (exact) mass is 250 g/mol. The third-order valence-electron chi connectivity index (χ3n) is 1.71. The van der Waals surface area contributed by atoms with Crippen LogP contribution in [0.1, 0.15) is 16.2 Å². The van der Waals surface area contributed by atoms with Gasteiger partial charge in [-0.05, 0) is 0 Å². The second-order valence-electron chi connectivity index (χ2n) is 2.84. The molecule has 0 bridgehead atoms. The van der Waals surface area contributed by atoms with Crippen LogP contribution in [0, 0.1) is 10.1 Å². The van der Waals surface area contributed by atoms with Crippen molar-refractivity contribution >= 4 is 11.7 Å². The number of nitro groups is 1. The van der Waals surface area contributed by atoms with E-state index in [1.54, 1.807) is 0 Å². The van der Waals surface area contributed by atoms with Crippen molar-refractivity contribution in [1.82, 2.24) is 4.98 Å². The number of carbonyl (C=O) groups excluding carboxylic acids is 1. The van der Waals surface area contributed by atoms with Crippen LogP contribution in [0.5, 0.6) is 0 Å². The number of alkyl halides is 3. The number of hydrogen-bond donors (Lipinski definition) is 0. The first-order valence-corrected chi connectivity index (χ1v) is 4.07. The summed E-state index contributed by atoms with van der Waals surface area (Å²) in [4.78, 5) is 23.3. The number of pyridine rings is 1. The molecule has 1 rings (SSSR count). The molecule has 0 aliphatic rings. The van der Waals surface area contributed by atoms with Crippen LogP contribution in [0.2, 0.25) is 0 Å². The summed E-state index contributed by atoms with van der Waals surface area (Å²) in [6.07, 6.45) is -4.88. The van der Waals surface area contributed by atoms with Crippen molar-refractivity contribution in [3.05, 3.63) is 33.6 Å². The quantitative estimate of drug-likeness (QED) is 0.454. The Balaban J connectivity index is 3.39. The van der Waals surface area contributed by atoms with Crippen LogP contribution >= 0.6 is 0 Å². The Morgan fingerprint density at radius 2 is 2.06 bits per heavy atom. The smallest absolute Gasteiger partial charge is 0.433 e. The van der Waals surface area contributed by atoms with Gasteiger partial charge in [-0.3, -0.25) is 10.1 Å². The zero-order valence-electron chi connectivity index (χ0n) is 8.32. The van der Waals surface area contributed by atoms with Crippen molar-refractivity contribution in [3.8, 4) is 0 Å². The Bertz CT molecular complexity index is 472. The van der Waals surface area contributed by atoms with Gasteiger partial charge < -0.3 is 4.74 Å². The Labute approximate surface area is 92.2 Å². The van der Waals surface area contributed by atoms with Gasteiger partial charge in [0, 0.05) is 12.1 Å². The molecular formula is C8H5F3N2O4. The van der Waals surface area contributed by atoms with E-state index in [9.17, 15) is 28.1 Å². The summed E-state index contributed by atoms with van der Waals surface area (Å²) in [5.74, 6) is -1.18. The molecule has 0 fully saturated rings. The Kier molecular flexibility index (Phi) is 3.30. The van der Waals surface area contributed by atoms with Crippen molar-refractivity contribution in [3.63, 3.8) is 0 Å². The Hall–Kier alpha value is -2.19. The van der Waals surface area contributed by atoms with Crippen LogP contribution in [0.4, 0.5) is 18.9 Å². The first-order chi connectivity index (χ1) is 7.75. The number of methoxy groups -OCH3 is 1. The highest BCUT2D eigenvalue weighted by Gasteiger charge is 2.35. The molecule has 0 aromatic carbocycles. The number of esters is 1. The van der Waals surface area contributed by atoms with Crippen molar-refractivity contribution in [1.29, 1.82) is 0 Å². The molecule has 0 aliphatic carbocycles. The molecule has 0 unspecified atom stereocenters. The van der Waals surface area contributed by atoms with E-state index in [4.69, 9.17) is 0 Å². The van der Waals surface area contributed by atoms with E-state index in [0.717, 1.165) is 7.11 Å². The molecule has 0 saturated heterocycles. The van der Waals surface area contributed by atoms with Crippen LogP contribution in [-0.2, 0) is 10.9 Å². The molecule has 1 aromatic heterocycles. The van der Waals surface area contributed by atoms with E-state index in [-0.39, 0.29) is 6.07 Å². The molecule has 0 saturated carbocycles. The molecule has 1 aromatic rings. The van der Waals surface area contributed by atoms with Crippen molar-refractivity contribution in [2.24, 2.45) is 0 Å². The summed E-state index contributed by atoms with van der Waals surface area (Å²) in [5, 5.41) is 10.4. The molecule has 17 heavy (non-hydrogen) atoms. The van der Waals surface area contributed by atoms with Crippen molar-refractivity contribution < 1.29 is 27.6 Å². The van der Waals surface area contributed by atoms with E-state index in [2.05, 4.69) is 9.72 Å². The minimum Gasteiger partial charge on any atom is -0.464 e. The predicted octanol–water partition coefficient (Wildman–Crippen LogP) is 1.80. The van der Waals surface area contributed by atoms with E-state index in [1.807, 2.05) is 0 Å². The molecular weight excluding hydrogens is 245 g/mol. The third kappa shape index (κ3) is 2.89. The van der Waals surface area contributed by atoms with Gasteiger partial charge in [0.2, 0.25) is 0 Å². The van der Waals surface area contributed by atoms with Gasteiger partial charge in [-0.15, -0.1) is 0 Å². The lowest BCUT2D eigenvalue weighted by Crippen LogP contribution is -2.13. The minimum absolute atomic E-state index is 0.242.